The predicted molar refractivity (Wildman–Crippen MR) is 55.8 cm³/mol. The summed E-state index contributed by atoms with van der Waals surface area (Å²) in [4.78, 5) is 0. The molecule has 1 aromatic carbocycles. The van der Waals surface area contributed by atoms with Crippen molar-refractivity contribution in [1.82, 2.24) is 0 Å². The molecular weight excluding hydrogens is 182 g/mol. The van der Waals surface area contributed by atoms with Crippen LogP contribution in [0.25, 0.3) is 10.1 Å². The van der Waals surface area contributed by atoms with Crippen molar-refractivity contribution in [3.63, 3.8) is 0 Å². The predicted octanol–water partition coefficient (Wildman–Crippen LogP) is 3.10. The van der Waals surface area contributed by atoms with Crippen LogP contribution in [0.1, 0.15) is 12.5 Å². The summed E-state index contributed by atoms with van der Waals surface area (Å²) in [6, 6.07) is 8.05. The molecule has 0 aliphatic heterocycles. The van der Waals surface area contributed by atoms with E-state index in [4.69, 9.17) is 5.21 Å². The van der Waals surface area contributed by atoms with Gasteiger partial charge in [-0.3, -0.25) is 0 Å². The second-order valence-corrected chi connectivity index (χ2v) is 3.77. The number of hydrogen-bond donors (Lipinski definition) is 1. The van der Waals surface area contributed by atoms with E-state index in [2.05, 4.69) is 11.2 Å². The van der Waals surface area contributed by atoms with E-state index < -0.39 is 0 Å². The van der Waals surface area contributed by atoms with E-state index >= 15 is 0 Å². The molecule has 0 radical (unpaired) electrons. The molecule has 2 aromatic rings. The van der Waals surface area contributed by atoms with Gasteiger partial charge in [0.05, 0.1) is 5.71 Å². The van der Waals surface area contributed by atoms with Gasteiger partial charge in [-0.1, -0.05) is 17.3 Å². The van der Waals surface area contributed by atoms with E-state index in [9.17, 15) is 0 Å². The zero-order valence-corrected chi connectivity index (χ0v) is 8.01. The van der Waals surface area contributed by atoms with Crippen molar-refractivity contribution in [2.75, 3.05) is 0 Å². The molecule has 0 fully saturated rings. The van der Waals surface area contributed by atoms with Gasteiger partial charge < -0.3 is 5.21 Å². The molecule has 3 heteroatoms. The van der Waals surface area contributed by atoms with Crippen LogP contribution in [0.15, 0.2) is 34.8 Å². The van der Waals surface area contributed by atoms with Crippen molar-refractivity contribution in [3.8, 4) is 0 Å². The van der Waals surface area contributed by atoms with E-state index in [1.165, 1.54) is 4.70 Å². The fourth-order valence-electron chi connectivity index (χ4n) is 1.36. The van der Waals surface area contributed by atoms with Crippen LogP contribution in [-0.2, 0) is 0 Å². The van der Waals surface area contributed by atoms with Gasteiger partial charge in [0, 0.05) is 15.6 Å². The number of thiophene rings is 1. The second kappa shape index (κ2) is 3.18. The minimum Gasteiger partial charge on any atom is -0.411 e. The number of fused-ring (bicyclic) bond motifs is 1. The first-order chi connectivity index (χ1) is 6.33. The lowest BCUT2D eigenvalue weighted by molar-refractivity contribution is 0.319. The number of oxime groups is 1. The molecule has 13 heavy (non-hydrogen) atoms. The van der Waals surface area contributed by atoms with Gasteiger partial charge in [0.15, 0.2) is 0 Å². The van der Waals surface area contributed by atoms with Crippen molar-refractivity contribution >= 4 is 27.1 Å². The maximum absolute atomic E-state index is 8.68. The molecule has 0 unspecified atom stereocenters. The highest BCUT2D eigenvalue weighted by atomic mass is 32.1. The van der Waals surface area contributed by atoms with Crippen molar-refractivity contribution in [2.24, 2.45) is 5.16 Å². The number of rotatable bonds is 1. The summed E-state index contributed by atoms with van der Waals surface area (Å²) in [7, 11) is 0. The molecule has 1 heterocycles. The summed E-state index contributed by atoms with van der Waals surface area (Å²) >= 11 is 1.69. The maximum Gasteiger partial charge on any atom is 0.0843 e. The smallest absolute Gasteiger partial charge is 0.0843 e. The highest BCUT2D eigenvalue weighted by Crippen LogP contribution is 2.24. The van der Waals surface area contributed by atoms with Crippen LogP contribution in [0.2, 0.25) is 0 Å². The van der Waals surface area contributed by atoms with Gasteiger partial charge in [-0.05, 0) is 24.4 Å². The molecule has 66 valence electrons. The number of nitrogens with zero attached hydrogens (tertiary/aromatic N) is 1. The summed E-state index contributed by atoms with van der Waals surface area (Å²) < 4.78 is 1.22. The van der Waals surface area contributed by atoms with Crippen LogP contribution in [0.3, 0.4) is 0 Å². The third kappa shape index (κ3) is 1.31. The highest BCUT2D eigenvalue weighted by molar-refractivity contribution is 7.17. The van der Waals surface area contributed by atoms with E-state index in [-0.39, 0.29) is 0 Å². The molecule has 1 aromatic heterocycles. The van der Waals surface area contributed by atoms with Crippen molar-refractivity contribution in [1.29, 1.82) is 0 Å². The van der Waals surface area contributed by atoms with Crippen LogP contribution < -0.4 is 0 Å². The largest absolute Gasteiger partial charge is 0.411 e. The molecular formula is C10H9NOS. The van der Waals surface area contributed by atoms with Gasteiger partial charge in [-0.25, -0.2) is 0 Å². The summed E-state index contributed by atoms with van der Waals surface area (Å²) in [6.45, 7) is 1.80. The van der Waals surface area contributed by atoms with E-state index in [0.717, 1.165) is 10.9 Å². The first-order valence-electron chi connectivity index (χ1n) is 3.98. The van der Waals surface area contributed by atoms with Crippen molar-refractivity contribution in [2.45, 2.75) is 6.92 Å². The van der Waals surface area contributed by atoms with E-state index in [1.807, 2.05) is 23.6 Å². The average molecular weight is 191 g/mol. The molecule has 0 saturated carbocycles. The summed E-state index contributed by atoms with van der Waals surface area (Å²) in [6.07, 6.45) is 0. The summed E-state index contributed by atoms with van der Waals surface area (Å²) in [5.41, 5.74) is 1.66. The molecule has 0 aliphatic rings. The highest BCUT2D eigenvalue weighted by Gasteiger charge is 2.03. The molecule has 2 rings (SSSR count). The lowest BCUT2D eigenvalue weighted by Crippen LogP contribution is -1.93. The topological polar surface area (TPSA) is 32.6 Å². The van der Waals surface area contributed by atoms with Gasteiger partial charge in [0.2, 0.25) is 0 Å². The van der Waals surface area contributed by atoms with E-state index in [1.54, 1.807) is 18.3 Å². The Morgan fingerprint density at radius 2 is 2.23 bits per heavy atom. The fraction of sp³-hybridized carbons (Fsp3) is 0.100. The van der Waals surface area contributed by atoms with Gasteiger partial charge in [0.1, 0.15) is 0 Å². The monoisotopic (exact) mass is 191 g/mol. The second-order valence-electron chi connectivity index (χ2n) is 2.82. The van der Waals surface area contributed by atoms with Crippen LogP contribution in [-0.4, -0.2) is 10.9 Å². The Hall–Kier alpha value is -1.35. The minimum atomic E-state index is 0.656. The number of benzene rings is 1. The van der Waals surface area contributed by atoms with Gasteiger partial charge in [0.25, 0.3) is 0 Å². The minimum absolute atomic E-state index is 0.656. The average Bonchev–Trinajstić information content (AvgIpc) is 2.63. The lowest BCUT2D eigenvalue weighted by atomic mass is 10.1. The van der Waals surface area contributed by atoms with Crippen molar-refractivity contribution in [3.05, 3.63) is 35.2 Å². The molecule has 0 amide bonds. The van der Waals surface area contributed by atoms with Crippen LogP contribution >= 0.6 is 11.3 Å². The number of hydrogen-bond acceptors (Lipinski definition) is 3. The first-order valence-corrected chi connectivity index (χ1v) is 4.86. The Morgan fingerprint density at radius 1 is 1.38 bits per heavy atom. The zero-order chi connectivity index (χ0) is 9.26. The summed E-state index contributed by atoms with van der Waals surface area (Å²) in [5.74, 6) is 0. The Balaban J connectivity index is 2.75. The third-order valence-electron chi connectivity index (χ3n) is 2.04. The Kier molecular flexibility index (Phi) is 2.02. The van der Waals surface area contributed by atoms with E-state index in [0.29, 0.717) is 5.71 Å². The maximum atomic E-state index is 8.68. The Bertz CT molecular complexity index is 459. The molecule has 1 N–H and O–H groups in total. The molecule has 0 saturated heterocycles. The molecule has 0 aliphatic carbocycles. The summed E-state index contributed by atoms with van der Waals surface area (Å²) in [5, 5.41) is 15.1. The zero-order valence-electron chi connectivity index (χ0n) is 7.19. The molecule has 2 nitrogen and oxygen atoms in total. The normalized spacial score (nSPS) is 12.2. The Morgan fingerprint density at radius 3 is 3.00 bits per heavy atom. The lowest BCUT2D eigenvalue weighted by Gasteiger charge is -1.99. The third-order valence-corrected chi connectivity index (χ3v) is 2.92. The Labute approximate surface area is 80.1 Å². The quantitative estimate of drug-likeness (QED) is 0.419. The SMILES string of the molecule is CC(=NO)c1cccc2sccc12. The first kappa shape index (κ1) is 8.26. The van der Waals surface area contributed by atoms with Gasteiger partial charge in [-0.2, -0.15) is 0 Å². The fourth-order valence-corrected chi connectivity index (χ4v) is 2.18. The van der Waals surface area contributed by atoms with Gasteiger partial charge >= 0.3 is 0 Å². The molecule has 0 spiro atoms. The molecule has 0 atom stereocenters. The van der Waals surface area contributed by atoms with Crippen LogP contribution in [0, 0.1) is 0 Å². The molecule has 0 bridgehead atoms. The van der Waals surface area contributed by atoms with Crippen molar-refractivity contribution < 1.29 is 5.21 Å². The standard InChI is InChI=1S/C10H9NOS/c1-7(11-12)8-3-2-4-10-9(8)5-6-13-10/h2-6,12H,1H3. The van der Waals surface area contributed by atoms with Gasteiger partial charge in [-0.15, -0.1) is 11.3 Å². The van der Waals surface area contributed by atoms with Crippen LogP contribution in [0.4, 0.5) is 0 Å². The van der Waals surface area contributed by atoms with Crippen LogP contribution in [0.5, 0.6) is 0 Å².